The van der Waals surface area contributed by atoms with Crippen molar-refractivity contribution in [2.75, 3.05) is 0 Å². The van der Waals surface area contributed by atoms with Gasteiger partial charge in [0.1, 0.15) is 0 Å². The van der Waals surface area contributed by atoms with Crippen LogP contribution in [0, 0.1) is 5.92 Å². The van der Waals surface area contributed by atoms with Crippen molar-refractivity contribution >= 4 is 43.8 Å². The molecule has 4 heteroatoms. The van der Waals surface area contributed by atoms with Crippen LogP contribution in [0.4, 0.5) is 0 Å². The monoisotopic (exact) mass is 786 g/mol. The average molecular weight is 789 g/mol. The Morgan fingerprint density at radius 1 is 0.592 bits per heavy atom. The summed E-state index contributed by atoms with van der Waals surface area (Å²) < 4.78 is 6.67. The van der Waals surface area contributed by atoms with Crippen LogP contribution in [0.1, 0.15) is 120 Å². The van der Waals surface area contributed by atoms with Crippen LogP contribution in [0.2, 0.25) is 9.26 Å². The molecule has 0 amide bonds. The molecule has 4 unspecified atom stereocenters. The van der Waals surface area contributed by atoms with E-state index in [1.54, 1.807) is 22.3 Å². The minimum atomic E-state index is -3.71. The first-order valence-corrected chi connectivity index (χ1v) is 32.0. The maximum atomic E-state index is 2.80. The number of hydrogen-bond donors (Lipinski definition) is 0. The molecule has 0 heterocycles. The fraction of sp³-hybridized carbons (Fsp3) is 0.378. The Bertz CT molecular complexity index is 1920. The van der Waals surface area contributed by atoms with Gasteiger partial charge in [-0.3, -0.25) is 0 Å². The minimum Gasteiger partial charge on any atom is -0.147 e. The summed E-state index contributed by atoms with van der Waals surface area (Å²) in [6.07, 6.45) is 8.72. The third-order valence-electron chi connectivity index (χ3n) is 12.0. The Kier molecular flexibility index (Phi) is 12.5. The number of benzene rings is 4. The third kappa shape index (κ3) is 7.11. The van der Waals surface area contributed by atoms with E-state index in [0.29, 0.717) is 25.0 Å². The first kappa shape index (κ1) is 39.8. The quantitative estimate of drug-likeness (QED) is 0.140. The Morgan fingerprint density at radius 3 is 1.53 bits per heavy atom. The van der Waals surface area contributed by atoms with E-state index in [4.69, 9.17) is 0 Å². The Labute approximate surface area is 312 Å². The summed E-state index contributed by atoms with van der Waals surface area (Å²) in [7, 11) is 0. The molecule has 0 aromatic heterocycles. The molecule has 49 heavy (non-hydrogen) atoms. The van der Waals surface area contributed by atoms with Crippen LogP contribution in [-0.4, -0.2) is 6.88 Å². The second-order valence-corrected chi connectivity index (χ2v) is 46.6. The molecule has 0 spiro atoms. The molecule has 4 aromatic rings. The standard InChI is InChI=1S/C22H25.C21H23.2CH3.2ClH.H2Si.Zr/c1-5-16(4)20-13-19-7-6-8-21(22(19)14-20)18-11-9-17(10-12-18)15(2)3;1-4-15(3)17-9-11-18(12-10-17)20-8-6-7-19-13-16(5-2)14-21(19)20;;;;;;/h6-16H,5H2,1-4H3;6-15H,4-5H2,1-3H3;2*1H3;2*1H;1H2;. The average Bonchev–Trinajstić information content (AvgIpc) is 3.68. The molecule has 0 radical (unpaired) electrons. The van der Waals surface area contributed by atoms with E-state index >= 15 is 0 Å². The number of fused-ring (bicyclic) bond motifs is 2. The number of allylic oxidation sites excluding steroid dienone is 2. The zero-order chi connectivity index (χ0) is 33.7. The van der Waals surface area contributed by atoms with Gasteiger partial charge in [-0.2, -0.15) is 0 Å². The van der Waals surface area contributed by atoms with Crippen LogP contribution in [0.3, 0.4) is 0 Å². The van der Waals surface area contributed by atoms with Crippen LogP contribution in [0.15, 0.2) is 96.1 Å². The van der Waals surface area contributed by atoms with E-state index in [9.17, 15) is 0 Å². The van der Waals surface area contributed by atoms with Gasteiger partial charge in [0.2, 0.25) is 0 Å². The number of rotatable bonds is 10. The largest absolute Gasteiger partial charge is 0.147 e. The van der Waals surface area contributed by atoms with Crippen molar-refractivity contribution in [3.05, 3.63) is 129 Å². The van der Waals surface area contributed by atoms with E-state index in [1.165, 1.54) is 57.3 Å². The SMILES string of the molecule is CCC1=Cc2c(-c3ccc(C(C)CC)cc3)cccc2[CH]1[Zr]([CH3])([CH3])(=[SiH2])[CH]1C(C(C)CC)=Cc2c(-c3ccc(C(C)C)cc3)cccc21.Cl.Cl. The van der Waals surface area contributed by atoms with Crippen molar-refractivity contribution in [3.63, 3.8) is 0 Å². The molecule has 4 atom stereocenters. The first-order chi connectivity index (χ1) is 22.4. The maximum absolute atomic E-state index is 3.71. The molecular weight excluding hydrogens is 731 g/mol. The van der Waals surface area contributed by atoms with Crippen molar-refractivity contribution in [2.24, 2.45) is 5.92 Å². The van der Waals surface area contributed by atoms with E-state index in [1.807, 2.05) is 0 Å². The van der Waals surface area contributed by atoms with Crippen molar-refractivity contribution in [1.82, 2.24) is 0 Å². The summed E-state index contributed by atoms with van der Waals surface area (Å²) in [4.78, 5) is 0. The smallest absolute Gasteiger partial charge is 0.147 e. The minimum absolute atomic E-state index is 0. The molecule has 2 aliphatic rings. The summed E-state index contributed by atoms with van der Waals surface area (Å²) in [5, 5.41) is 0. The molecule has 260 valence electrons. The summed E-state index contributed by atoms with van der Waals surface area (Å²) in [6.45, 7) is 18.9. The van der Waals surface area contributed by atoms with Crippen molar-refractivity contribution in [1.29, 1.82) is 0 Å². The normalized spacial score (nSPS) is 18.1. The van der Waals surface area contributed by atoms with Gasteiger partial charge in [-0.15, -0.1) is 24.8 Å². The number of hydrogen-bond acceptors (Lipinski definition) is 0. The summed E-state index contributed by atoms with van der Waals surface area (Å²) in [5.41, 5.74) is 17.8. The molecule has 2 aliphatic carbocycles. The molecule has 6 rings (SSSR count). The Morgan fingerprint density at radius 2 is 1.06 bits per heavy atom. The predicted molar refractivity (Wildman–Crippen MR) is 223 cm³/mol. The van der Waals surface area contributed by atoms with Gasteiger partial charge in [0, 0.05) is 0 Å². The molecule has 0 saturated heterocycles. The second-order valence-electron chi connectivity index (χ2n) is 16.2. The van der Waals surface area contributed by atoms with Gasteiger partial charge >= 0.3 is 290 Å². The van der Waals surface area contributed by atoms with Crippen molar-refractivity contribution in [2.45, 2.75) is 96.1 Å². The molecule has 0 N–H and O–H groups in total. The third-order valence-corrected chi connectivity index (χ3v) is 29.4. The molecule has 0 bridgehead atoms. The van der Waals surface area contributed by atoms with Crippen molar-refractivity contribution < 1.29 is 17.4 Å². The fourth-order valence-electron chi connectivity index (χ4n) is 8.98. The van der Waals surface area contributed by atoms with Crippen LogP contribution in [0.5, 0.6) is 0 Å². The Hall–Kier alpha value is -1.96. The van der Waals surface area contributed by atoms with Crippen molar-refractivity contribution in [3.8, 4) is 22.3 Å². The second kappa shape index (κ2) is 15.3. The molecule has 0 saturated carbocycles. The molecule has 0 nitrogen and oxygen atoms in total. The van der Waals surface area contributed by atoms with E-state index < -0.39 is 17.4 Å². The predicted octanol–water partition coefficient (Wildman–Crippen LogP) is 13.9. The van der Waals surface area contributed by atoms with Gasteiger partial charge in [-0.05, 0) is 0 Å². The summed E-state index contributed by atoms with van der Waals surface area (Å²) >= 11 is -3.71. The van der Waals surface area contributed by atoms with Gasteiger partial charge in [-0.25, -0.2) is 0 Å². The van der Waals surface area contributed by atoms with E-state index in [2.05, 4.69) is 162 Å². The first-order valence-electron chi connectivity index (χ1n) is 18.3. The van der Waals surface area contributed by atoms with E-state index in [-0.39, 0.29) is 24.8 Å². The van der Waals surface area contributed by atoms with Gasteiger partial charge in [-0.1, -0.05) is 0 Å². The van der Waals surface area contributed by atoms with E-state index in [0.717, 1.165) is 6.42 Å². The molecule has 0 aliphatic heterocycles. The van der Waals surface area contributed by atoms with Crippen LogP contribution < -0.4 is 0 Å². The zero-order valence-electron chi connectivity index (χ0n) is 31.3. The van der Waals surface area contributed by atoms with Gasteiger partial charge in [0.05, 0.1) is 0 Å². The number of halogens is 2. The zero-order valence-corrected chi connectivity index (χ0v) is 36.8. The Balaban J connectivity index is 0.00000270. The fourth-order valence-corrected chi connectivity index (χ4v) is 28.9. The molecule has 0 fully saturated rings. The summed E-state index contributed by atoms with van der Waals surface area (Å²) in [5.74, 6) is 1.70. The molecule has 4 aromatic carbocycles. The van der Waals surface area contributed by atoms with Crippen LogP contribution >= 0.6 is 24.8 Å². The van der Waals surface area contributed by atoms with Crippen LogP contribution in [-0.2, 0) is 17.4 Å². The van der Waals surface area contributed by atoms with Gasteiger partial charge < -0.3 is 0 Å². The van der Waals surface area contributed by atoms with Crippen LogP contribution in [0.25, 0.3) is 34.4 Å². The topological polar surface area (TPSA) is 0 Å². The van der Waals surface area contributed by atoms with Gasteiger partial charge in [0.25, 0.3) is 0 Å². The maximum Gasteiger partial charge on any atom is -0.147 e. The summed E-state index contributed by atoms with van der Waals surface area (Å²) in [6, 6.07) is 33.2. The molecular formula is C45H58Cl2SiZr. The van der Waals surface area contributed by atoms with Gasteiger partial charge in [0.15, 0.2) is 0 Å².